The molecule has 1 aromatic heterocycles. The summed E-state index contributed by atoms with van der Waals surface area (Å²) in [7, 11) is -7.39. The van der Waals surface area contributed by atoms with E-state index in [1.165, 1.54) is 39.1 Å². The number of halogens is 1. The first-order chi connectivity index (χ1) is 12.7. The van der Waals surface area contributed by atoms with Gasteiger partial charge in [0.2, 0.25) is 20.0 Å². The van der Waals surface area contributed by atoms with Crippen LogP contribution < -0.4 is 0 Å². The monoisotopic (exact) mass is 432 g/mol. The maximum absolute atomic E-state index is 12.9. The van der Waals surface area contributed by atoms with E-state index in [-0.39, 0.29) is 36.0 Å². The molecule has 8 nitrogen and oxygen atoms in total. The molecule has 1 aliphatic rings. The van der Waals surface area contributed by atoms with Crippen molar-refractivity contribution < 1.29 is 16.8 Å². The van der Waals surface area contributed by atoms with Gasteiger partial charge in [-0.05, 0) is 38.1 Å². The van der Waals surface area contributed by atoms with Gasteiger partial charge in [-0.1, -0.05) is 11.6 Å². The number of aromatic nitrogens is 2. The van der Waals surface area contributed by atoms with Gasteiger partial charge in [-0.15, -0.1) is 0 Å². The largest absolute Gasteiger partial charge is 0.269 e. The van der Waals surface area contributed by atoms with Crippen LogP contribution in [0.15, 0.2) is 40.3 Å². The second kappa shape index (κ2) is 7.51. The third-order valence-electron chi connectivity index (χ3n) is 4.62. The summed E-state index contributed by atoms with van der Waals surface area (Å²) in [4.78, 5) is 0.307. The van der Waals surface area contributed by atoms with E-state index in [9.17, 15) is 16.8 Å². The lowest BCUT2D eigenvalue weighted by molar-refractivity contribution is 0.272. The van der Waals surface area contributed by atoms with Crippen molar-refractivity contribution in [3.8, 4) is 0 Å². The number of hydrogen-bond acceptors (Lipinski definition) is 5. The van der Waals surface area contributed by atoms with E-state index < -0.39 is 20.0 Å². The normalized spacial score (nSPS) is 17.3. The molecule has 0 amide bonds. The van der Waals surface area contributed by atoms with Gasteiger partial charge in [0.25, 0.3) is 0 Å². The van der Waals surface area contributed by atoms with Crippen LogP contribution in [-0.4, -0.2) is 61.4 Å². The van der Waals surface area contributed by atoms with Gasteiger partial charge in [0.15, 0.2) is 0 Å². The van der Waals surface area contributed by atoms with Gasteiger partial charge in [0.1, 0.15) is 4.90 Å². The Morgan fingerprint density at radius 3 is 1.96 bits per heavy atom. The third-order valence-corrected chi connectivity index (χ3v) is 8.79. The number of rotatable bonds is 5. The molecule has 27 heavy (non-hydrogen) atoms. The van der Waals surface area contributed by atoms with Crippen LogP contribution in [0.2, 0.25) is 5.02 Å². The van der Waals surface area contributed by atoms with Gasteiger partial charge in [-0.25, -0.2) is 16.8 Å². The zero-order valence-corrected chi connectivity index (χ0v) is 17.4. The van der Waals surface area contributed by atoms with Gasteiger partial charge >= 0.3 is 0 Å². The molecule has 2 aromatic rings. The van der Waals surface area contributed by atoms with E-state index in [2.05, 4.69) is 5.10 Å². The molecule has 0 N–H and O–H groups in total. The number of piperazine rings is 1. The van der Waals surface area contributed by atoms with Crippen LogP contribution in [0.5, 0.6) is 0 Å². The molecule has 148 valence electrons. The van der Waals surface area contributed by atoms with Crippen molar-refractivity contribution in [1.82, 2.24) is 18.4 Å². The standard InChI is InChI=1S/C16H21ClN4O4S2/c1-3-21-13(2)16(12-18-21)27(24,25)20-10-8-19(9-11-20)26(22,23)15-6-4-14(17)5-7-15/h4-7,12H,3,8-11H2,1-2H3. The highest BCUT2D eigenvalue weighted by Crippen LogP contribution is 2.24. The van der Waals surface area contributed by atoms with Crippen molar-refractivity contribution in [2.24, 2.45) is 0 Å². The summed E-state index contributed by atoms with van der Waals surface area (Å²) < 4.78 is 55.5. The molecule has 1 saturated heterocycles. The van der Waals surface area contributed by atoms with E-state index in [1.54, 1.807) is 11.6 Å². The first-order valence-corrected chi connectivity index (χ1v) is 11.7. The Kier molecular flexibility index (Phi) is 5.64. The molecule has 1 aromatic carbocycles. The van der Waals surface area contributed by atoms with E-state index in [1.807, 2.05) is 6.92 Å². The van der Waals surface area contributed by atoms with Gasteiger partial charge in [0, 0.05) is 37.7 Å². The average Bonchev–Trinajstić information content (AvgIpc) is 3.03. The molecule has 0 radical (unpaired) electrons. The van der Waals surface area contributed by atoms with Crippen LogP contribution >= 0.6 is 11.6 Å². The van der Waals surface area contributed by atoms with Crippen LogP contribution in [0.1, 0.15) is 12.6 Å². The van der Waals surface area contributed by atoms with Gasteiger partial charge in [0.05, 0.1) is 16.8 Å². The van der Waals surface area contributed by atoms with E-state index in [0.29, 0.717) is 17.3 Å². The van der Waals surface area contributed by atoms with Crippen molar-refractivity contribution >= 4 is 31.6 Å². The molecule has 0 aliphatic carbocycles. The molecule has 0 unspecified atom stereocenters. The van der Waals surface area contributed by atoms with Crippen LogP contribution in [0.25, 0.3) is 0 Å². The van der Waals surface area contributed by atoms with Crippen molar-refractivity contribution in [2.45, 2.75) is 30.2 Å². The Hall–Kier alpha value is -1.46. The molecule has 0 spiro atoms. The molecule has 11 heteroatoms. The highest BCUT2D eigenvalue weighted by atomic mass is 35.5. The second-order valence-corrected chi connectivity index (χ2v) is 10.5. The van der Waals surface area contributed by atoms with Crippen molar-refractivity contribution in [2.75, 3.05) is 26.2 Å². The summed E-state index contributed by atoms with van der Waals surface area (Å²) in [5, 5.41) is 4.54. The minimum atomic E-state index is -3.71. The molecular formula is C16H21ClN4O4S2. The van der Waals surface area contributed by atoms with Crippen LogP contribution in [0, 0.1) is 6.92 Å². The maximum atomic E-state index is 12.9. The highest BCUT2D eigenvalue weighted by Gasteiger charge is 2.35. The fourth-order valence-corrected chi connectivity index (χ4v) is 6.18. The quantitative estimate of drug-likeness (QED) is 0.714. The summed E-state index contributed by atoms with van der Waals surface area (Å²) in [6.07, 6.45) is 1.35. The Morgan fingerprint density at radius 1 is 0.963 bits per heavy atom. The Bertz CT molecular complexity index is 1020. The second-order valence-electron chi connectivity index (χ2n) is 6.17. The maximum Gasteiger partial charge on any atom is 0.246 e. The molecule has 3 rings (SSSR count). The molecule has 1 aliphatic heterocycles. The predicted molar refractivity (Wildman–Crippen MR) is 102 cm³/mol. The Morgan fingerprint density at radius 2 is 1.48 bits per heavy atom. The van der Waals surface area contributed by atoms with Gasteiger partial charge in [-0.2, -0.15) is 13.7 Å². The predicted octanol–water partition coefficient (Wildman–Crippen LogP) is 1.56. The zero-order valence-electron chi connectivity index (χ0n) is 15.0. The summed E-state index contributed by atoms with van der Waals surface area (Å²) in [6.45, 7) is 4.53. The molecule has 1 fully saturated rings. The minimum absolute atomic E-state index is 0.0884. The summed E-state index contributed by atoms with van der Waals surface area (Å²) in [5.74, 6) is 0. The van der Waals surface area contributed by atoms with Crippen molar-refractivity contribution in [3.63, 3.8) is 0 Å². The van der Waals surface area contributed by atoms with Crippen molar-refractivity contribution in [1.29, 1.82) is 0 Å². The first kappa shape index (κ1) is 20.3. The highest BCUT2D eigenvalue weighted by molar-refractivity contribution is 7.89. The van der Waals surface area contributed by atoms with Gasteiger partial charge in [-0.3, -0.25) is 4.68 Å². The Balaban J connectivity index is 1.76. The van der Waals surface area contributed by atoms with E-state index >= 15 is 0 Å². The molecule has 0 saturated carbocycles. The fourth-order valence-electron chi connectivity index (χ4n) is 3.05. The molecule has 0 atom stereocenters. The summed E-state index contributed by atoms with van der Waals surface area (Å²) in [5.41, 5.74) is 0.578. The number of hydrogen-bond donors (Lipinski definition) is 0. The molecule has 0 bridgehead atoms. The lowest BCUT2D eigenvalue weighted by atomic mass is 10.4. The number of benzene rings is 1. The lowest BCUT2D eigenvalue weighted by Gasteiger charge is -2.33. The molecular weight excluding hydrogens is 412 g/mol. The SMILES string of the molecule is CCn1ncc(S(=O)(=O)N2CCN(S(=O)(=O)c3ccc(Cl)cc3)CC2)c1C. The third kappa shape index (κ3) is 3.77. The zero-order chi connectivity index (χ0) is 19.8. The summed E-state index contributed by atoms with van der Waals surface area (Å²) >= 11 is 5.81. The smallest absolute Gasteiger partial charge is 0.246 e. The molecule has 2 heterocycles. The fraction of sp³-hybridized carbons (Fsp3) is 0.438. The first-order valence-electron chi connectivity index (χ1n) is 8.46. The topological polar surface area (TPSA) is 92.6 Å². The summed E-state index contributed by atoms with van der Waals surface area (Å²) in [6, 6.07) is 5.93. The van der Waals surface area contributed by atoms with Crippen LogP contribution in [-0.2, 0) is 26.6 Å². The van der Waals surface area contributed by atoms with E-state index in [4.69, 9.17) is 11.6 Å². The van der Waals surface area contributed by atoms with Crippen molar-refractivity contribution in [3.05, 3.63) is 41.2 Å². The Labute approximate surface area is 164 Å². The van der Waals surface area contributed by atoms with Gasteiger partial charge < -0.3 is 0 Å². The number of sulfonamides is 2. The van der Waals surface area contributed by atoms with Crippen LogP contribution in [0.4, 0.5) is 0 Å². The van der Waals surface area contributed by atoms with Crippen LogP contribution in [0.3, 0.4) is 0 Å². The average molecular weight is 433 g/mol. The number of aryl methyl sites for hydroxylation is 1. The van der Waals surface area contributed by atoms with E-state index in [0.717, 1.165) is 0 Å². The lowest BCUT2D eigenvalue weighted by Crippen LogP contribution is -2.50. The number of nitrogens with zero attached hydrogens (tertiary/aromatic N) is 4. The minimum Gasteiger partial charge on any atom is -0.269 e.